The highest BCUT2D eigenvalue weighted by molar-refractivity contribution is 5.87. The van der Waals surface area contributed by atoms with Crippen LogP contribution in [0.5, 0.6) is 0 Å². The molecule has 1 rings (SSSR count). The molecule has 2 unspecified atom stereocenters. The van der Waals surface area contributed by atoms with Crippen LogP contribution in [0.3, 0.4) is 0 Å². The van der Waals surface area contributed by atoms with Gasteiger partial charge in [0.1, 0.15) is 6.04 Å². The number of carbonyl (C=O) groups excluding carboxylic acids is 2. The fourth-order valence-corrected chi connectivity index (χ4v) is 2.36. The molecule has 3 N–H and O–H groups in total. The summed E-state index contributed by atoms with van der Waals surface area (Å²) in [4.78, 5) is 23.3. The molecule has 1 saturated carbocycles. The Balaban J connectivity index is 2.52. The summed E-state index contributed by atoms with van der Waals surface area (Å²) in [6.07, 6.45) is 4.24. The van der Waals surface area contributed by atoms with E-state index in [1.807, 2.05) is 6.92 Å². The van der Waals surface area contributed by atoms with Crippen LogP contribution in [0.15, 0.2) is 0 Å². The van der Waals surface area contributed by atoms with E-state index in [0.29, 0.717) is 6.54 Å². The molecule has 0 heterocycles. The van der Waals surface area contributed by atoms with Crippen molar-refractivity contribution >= 4 is 11.8 Å². The highest BCUT2D eigenvalue weighted by Gasteiger charge is 2.31. The second-order valence-electron chi connectivity index (χ2n) is 5.26. The normalized spacial score (nSPS) is 19.3. The van der Waals surface area contributed by atoms with Crippen LogP contribution in [-0.4, -0.2) is 36.1 Å². The van der Waals surface area contributed by atoms with Gasteiger partial charge in [0, 0.05) is 20.1 Å². The molecule has 2 amide bonds. The van der Waals surface area contributed by atoms with Crippen molar-refractivity contribution in [3.05, 3.63) is 0 Å². The number of carbonyl (C=O) groups is 2. The van der Waals surface area contributed by atoms with Gasteiger partial charge in [0.05, 0.1) is 0 Å². The Morgan fingerprint density at radius 2 is 1.94 bits per heavy atom. The maximum Gasteiger partial charge on any atom is 0.242 e. The molecule has 0 spiro atoms. The van der Waals surface area contributed by atoms with Crippen molar-refractivity contribution in [2.45, 2.75) is 45.6 Å². The number of amides is 2. The summed E-state index contributed by atoms with van der Waals surface area (Å²) in [6.45, 7) is 3.79. The molecule has 1 aliphatic rings. The molecular weight excluding hydrogens is 232 g/mol. The fourth-order valence-electron chi connectivity index (χ4n) is 2.36. The third kappa shape index (κ3) is 4.64. The third-order valence-corrected chi connectivity index (χ3v) is 3.45. The van der Waals surface area contributed by atoms with Crippen molar-refractivity contribution in [3.63, 3.8) is 0 Å². The number of aliphatic hydroxyl groups excluding tert-OH is 1. The average molecular weight is 256 g/mol. The first-order valence-corrected chi connectivity index (χ1v) is 6.70. The Morgan fingerprint density at radius 3 is 2.44 bits per heavy atom. The van der Waals surface area contributed by atoms with Gasteiger partial charge in [-0.1, -0.05) is 19.8 Å². The quantitative estimate of drug-likeness (QED) is 0.644. The molecule has 1 aliphatic carbocycles. The fraction of sp³-hybridized carbons (Fsp3) is 0.846. The third-order valence-electron chi connectivity index (χ3n) is 3.45. The van der Waals surface area contributed by atoms with Gasteiger partial charge in [0.2, 0.25) is 11.8 Å². The van der Waals surface area contributed by atoms with Gasteiger partial charge in [-0.3, -0.25) is 9.59 Å². The lowest BCUT2D eigenvalue weighted by atomic mass is 9.97. The second kappa shape index (κ2) is 7.36. The number of nitrogens with one attached hydrogen (secondary N) is 2. The summed E-state index contributed by atoms with van der Waals surface area (Å²) in [5.41, 5.74) is 0. The second-order valence-corrected chi connectivity index (χ2v) is 5.26. The van der Waals surface area contributed by atoms with Gasteiger partial charge in [0.15, 0.2) is 0 Å². The predicted molar refractivity (Wildman–Crippen MR) is 68.8 cm³/mol. The zero-order valence-electron chi connectivity index (χ0n) is 11.2. The highest BCUT2D eigenvalue weighted by atomic mass is 16.3. The summed E-state index contributed by atoms with van der Waals surface area (Å²) in [6, 6.07) is -0.420. The summed E-state index contributed by atoms with van der Waals surface area (Å²) in [5, 5.41) is 14.5. The van der Waals surface area contributed by atoms with Crippen LogP contribution in [0.1, 0.15) is 39.5 Å². The molecule has 0 bridgehead atoms. The van der Waals surface area contributed by atoms with E-state index in [1.54, 1.807) is 0 Å². The van der Waals surface area contributed by atoms with E-state index in [0.717, 1.165) is 25.7 Å². The highest BCUT2D eigenvalue weighted by Crippen LogP contribution is 2.27. The molecule has 18 heavy (non-hydrogen) atoms. The Hall–Kier alpha value is -1.10. The van der Waals surface area contributed by atoms with E-state index < -0.39 is 6.04 Å². The Labute approximate surface area is 108 Å². The Kier molecular flexibility index (Phi) is 6.12. The van der Waals surface area contributed by atoms with Crippen LogP contribution in [0.25, 0.3) is 0 Å². The van der Waals surface area contributed by atoms with Crippen LogP contribution < -0.4 is 10.6 Å². The summed E-state index contributed by atoms with van der Waals surface area (Å²) >= 11 is 0. The number of hydrogen-bond acceptors (Lipinski definition) is 3. The van der Waals surface area contributed by atoms with Crippen LogP contribution >= 0.6 is 0 Å². The summed E-state index contributed by atoms with van der Waals surface area (Å²) < 4.78 is 0. The van der Waals surface area contributed by atoms with Crippen molar-refractivity contribution in [1.82, 2.24) is 10.6 Å². The van der Waals surface area contributed by atoms with Gasteiger partial charge in [-0.15, -0.1) is 0 Å². The lowest BCUT2D eigenvalue weighted by Crippen LogP contribution is -2.50. The predicted octanol–water partition coefficient (Wildman–Crippen LogP) is 0.426. The van der Waals surface area contributed by atoms with Crippen molar-refractivity contribution in [2.75, 3.05) is 13.2 Å². The molecule has 5 nitrogen and oxygen atoms in total. The number of hydrogen-bond donors (Lipinski definition) is 3. The maximum absolute atomic E-state index is 12.1. The number of rotatable bonds is 6. The molecule has 1 fully saturated rings. The molecular formula is C13H24N2O3. The first-order valence-electron chi connectivity index (χ1n) is 6.70. The zero-order valence-corrected chi connectivity index (χ0v) is 11.2. The average Bonchev–Trinajstić information content (AvgIpc) is 2.85. The van der Waals surface area contributed by atoms with Crippen molar-refractivity contribution in [3.8, 4) is 0 Å². The molecule has 0 aromatic heterocycles. The largest absolute Gasteiger partial charge is 0.396 e. The summed E-state index contributed by atoms with van der Waals surface area (Å²) in [7, 11) is 0. The van der Waals surface area contributed by atoms with Crippen molar-refractivity contribution < 1.29 is 14.7 Å². The van der Waals surface area contributed by atoms with E-state index in [-0.39, 0.29) is 30.3 Å². The monoisotopic (exact) mass is 256 g/mol. The van der Waals surface area contributed by atoms with Gasteiger partial charge in [-0.05, 0) is 24.7 Å². The molecule has 5 heteroatoms. The molecule has 0 aromatic carbocycles. The minimum atomic E-state index is -0.420. The molecule has 0 aromatic rings. The van der Waals surface area contributed by atoms with Gasteiger partial charge < -0.3 is 15.7 Å². The van der Waals surface area contributed by atoms with Crippen LogP contribution in [-0.2, 0) is 9.59 Å². The SMILES string of the molecule is CC(=O)NC(C(=O)NCC(C)CO)C1CCCC1. The van der Waals surface area contributed by atoms with Crippen molar-refractivity contribution in [1.29, 1.82) is 0 Å². The van der Waals surface area contributed by atoms with Crippen LogP contribution in [0.2, 0.25) is 0 Å². The molecule has 0 aliphatic heterocycles. The lowest BCUT2D eigenvalue weighted by Gasteiger charge is -2.24. The smallest absolute Gasteiger partial charge is 0.242 e. The van der Waals surface area contributed by atoms with Gasteiger partial charge in [0.25, 0.3) is 0 Å². The first kappa shape index (κ1) is 15.0. The van der Waals surface area contributed by atoms with E-state index in [2.05, 4.69) is 10.6 Å². The minimum absolute atomic E-state index is 0.0375. The van der Waals surface area contributed by atoms with Gasteiger partial charge in [-0.2, -0.15) is 0 Å². The molecule has 0 radical (unpaired) electrons. The van der Waals surface area contributed by atoms with Crippen LogP contribution in [0, 0.1) is 11.8 Å². The molecule has 2 atom stereocenters. The van der Waals surface area contributed by atoms with Crippen LogP contribution in [0.4, 0.5) is 0 Å². The van der Waals surface area contributed by atoms with E-state index in [4.69, 9.17) is 5.11 Å². The first-order chi connectivity index (χ1) is 8.54. The van der Waals surface area contributed by atoms with Crippen molar-refractivity contribution in [2.24, 2.45) is 11.8 Å². The summed E-state index contributed by atoms with van der Waals surface area (Å²) in [5.74, 6) is -0.0107. The topological polar surface area (TPSA) is 78.4 Å². The van der Waals surface area contributed by atoms with E-state index in [1.165, 1.54) is 6.92 Å². The Bertz CT molecular complexity index is 288. The van der Waals surface area contributed by atoms with Gasteiger partial charge >= 0.3 is 0 Å². The lowest BCUT2D eigenvalue weighted by molar-refractivity contribution is -0.129. The molecule has 0 saturated heterocycles. The molecule has 104 valence electrons. The Morgan fingerprint density at radius 1 is 1.33 bits per heavy atom. The zero-order chi connectivity index (χ0) is 13.5. The number of aliphatic hydroxyl groups is 1. The maximum atomic E-state index is 12.1. The minimum Gasteiger partial charge on any atom is -0.396 e. The van der Waals surface area contributed by atoms with E-state index >= 15 is 0 Å². The van der Waals surface area contributed by atoms with E-state index in [9.17, 15) is 9.59 Å². The standard InChI is InChI=1S/C13H24N2O3/c1-9(8-16)7-14-13(18)12(15-10(2)17)11-5-3-4-6-11/h9,11-12,16H,3-8H2,1-2H3,(H,14,18)(H,15,17). The van der Waals surface area contributed by atoms with Gasteiger partial charge in [-0.25, -0.2) is 0 Å².